The van der Waals surface area contributed by atoms with Crippen LogP contribution >= 0.6 is 11.6 Å². The molecular weight excluding hydrogens is 250 g/mol. The fraction of sp³-hybridized carbons (Fsp3) is 0.417. The quantitative estimate of drug-likeness (QED) is 0.927. The molecule has 0 saturated carbocycles. The highest BCUT2D eigenvalue weighted by atomic mass is 35.5. The zero-order chi connectivity index (χ0) is 13.3. The summed E-state index contributed by atoms with van der Waals surface area (Å²) in [5, 5.41) is 16.1. The number of nitrogens with one attached hydrogen (secondary N) is 1. The first-order valence-corrected chi connectivity index (χ1v) is 6.19. The number of hydrogen-bond acceptors (Lipinski definition) is 4. The predicted octanol–water partition coefficient (Wildman–Crippen LogP) is 2.79. The van der Waals surface area contributed by atoms with Crippen LogP contribution in [0.25, 0.3) is 0 Å². The van der Waals surface area contributed by atoms with Gasteiger partial charge in [0.05, 0.1) is 11.4 Å². The highest BCUT2D eigenvalue weighted by Gasteiger charge is 2.11. The Morgan fingerprint density at radius 1 is 1.28 bits per heavy atom. The zero-order valence-electron chi connectivity index (χ0n) is 11.0. The molecular formula is C12H16ClN5. The van der Waals surface area contributed by atoms with Gasteiger partial charge >= 0.3 is 0 Å². The lowest BCUT2D eigenvalue weighted by Crippen LogP contribution is -2.02. The molecule has 2 rings (SSSR count). The Kier molecular flexibility index (Phi) is 3.52. The summed E-state index contributed by atoms with van der Waals surface area (Å²) in [4.78, 5) is 0. The zero-order valence-corrected chi connectivity index (χ0v) is 11.7. The summed E-state index contributed by atoms with van der Waals surface area (Å²) in [6.07, 6.45) is 2.80. The number of anilines is 2. The van der Waals surface area contributed by atoms with E-state index >= 15 is 0 Å². The maximum Gasteiger partial charge on any atom is 0.156 e. The van der Waals surface area contributed by atoms with Crippen LogP contribution in [0.4, 0.5) is 11.5 Å². The van der Waals surface area contributed by atoms with E-state index in [9.17, 15) is 0 Å². The fourth-order valence-electron chi connectivity index (χ4n) is 1.72. The second-order valence-electron chi connectivity index (χ2n) is 4.23. The van der Waals surface area contributed by atoms with E-state index in [-0.39, 0.29) is 0 Å². The Bertz CT molecular complexity index is 576. The Morgan fingerprint density at radius 2 is 2.00 bits per heavy atom. The molecule has 5 nitrogen and oxygen atoms in total. The minimum Gasteiger partial charge on any atom is -0.336 e. The smallest absolute Gasteiger partial charge is 0.156 e. The number of aromatic nitrogens is 4. The van der Waals surface area contributed by atoms with E-state index in [0.717, 1.165) is 34.7 Å². The lowest BCUT2D eigenvalue weighted by atomic mass is 10.2. The lowest BCUT2D eigenvalue weighted by Gasteiger charge is -2.09. The van der Waals surface area contributed by atoms with Crippen molar-refractivity contribution >= 4 is 23.1 Å². The van der Waals surface area contributed by atoms with Gasteiger partial charge in [0.2, 0.25) is 0 Å². The van der Waals surface area contributed by atoms with E-state index in [1.54, 1.807) is 4.68 Å². The van der Waals surface area contributed by atoms with Crippen molar-refractivity contribution in [2.45, 2.75) is 27.2 Å². The SMILES string of the molecule is CCc1nn(C)cc1Nc1nnc(Cl)c(C)c1C. The van der Waals surface area contributed by atoms with Crippen molar-refractivity contribution in [3.63, 3.8) is 0 Å². The number of rotatable bonds is 3. The Balaban J connectivity index is 2.37. The number of hydrogen-bond donors (Lipinski definition) is 1. The molecule has 2 aromatic heterocycles. The second-order valence-corrected chi connectivity index (χ2v) is 4.59. The molecule has 0 radical (unpaired) electrons. The van der Waals surface area contributed by atoms with Crippen molar-refractivity contribution in [1.29, 1.82) is 0 Å². The average molecular weight is 266 g/mol. The van der Waals surface area contributed by atoms with Crippen LogP contribution in [0.5, 0.6) is 0 Å². The van der Waals surface area contributed by atoms with Crippen molar-refractivity contribution < 1.29 is 0 Å². The van der Waals surface area contributed by atoms with Crippen LogP contribution in [-0.4, -0.2) is 20.0 Å². The highest BCUT2D eigenvalue weighted by Crippen LogP contribution is 2.25. The van der Waals surface area contributed by atoms with Crippen LogP contribution in [0.2, 0.25) is 5.15 Å². The summed E-state index contributed by atoms with van der Waals surface area (Å²) in [5.74, 6) is 0.722. The van der Waals surface area contributed by atoms with Crippen LogP contribution in [0.15, 0.2) is 6.20 Å². The molecule has 18 heavy (non-hydrogen) atoms. The standard InChI is InChI=1S/C12H16ClN5/c1-5-9-10(6-18(4)17-9)14-12-8(3)7(2)11(13)15-16-12/h6H,5H2,1-4H3,(H,14,16). The first-order valence-electron chi connectivity index (χ1n) is 5.81. The molecule has 0 unspecified atom stereocenters. The van der Waals surface area contributed by atoms with E-state index in [4.69, 9.17) is 11.6 Å². The van der Waals surface area contributed by atoms with E-state index < -0.39 is 0 Å². The van der Waals surface area contributed by atoms with E-state index in [1.807, 2.05) is 27.1 Å². The summed E-state index contributed by atoms with van der Waals surface area (Å²) in [6, 6.07) is 0. The van der Waals surface area contributed by atoms with Gasteiger partial charge in [-0.2, -0.15) is 5.10 Å². The number of nitrogens with zero attached hydrogens (tertiary/aromatic N) is 4. The number of halogens is 1. The van der Waals surface area contributed by atoms with E-state index in [0.29, 0.717) is 5.15 Å². The topological polar surface area (TPSA) is 55.6 Å². The van der Waals surface area contributed by atoms with Gasteiger partial charge < -0.3 is 5.32 Å². The molecule has 2 heterocycles. The largest absolute Gasteiger partial charge is 0.336 e. The summed E-state index contributed by atoms with van der Waals surface area (Å²) < 4.78 is 1.78. The van der Waals surface area contributed by atoms with Gasteiger partial charge in [-0.1, -0.05) is 18.5 Å². The fourth-order valence-corrected chi connectivity index (χ4v) is 1.90. The van der Waals surface area contributed by atoms with Crippen LogP contribution in [-0.2, 0) is 13.5 Å². The highest BCUT2D eigenvalue weighted by molar-refractivity contribution is 6.30. The van der Waals surface area contributed by atoms with Gasteiger partial charge in [-0.05, 0) is 31.4 Å². The molecule has 0 aliphatic heterocycles. The summed E-state index contributed by atoms with van der Waals surface area (Å²) in [7, 11) is 1.90. The first kappa shape index (κ1) is 12.8. The molecule has 0 atom stereocenters. The van der Waals surface area contributed by atoms with Crippen LogP contribution in [0.3, 0.4) is 0 Å². The predicted molar refractivity (Wildman–Crippen MR) is 72.4 cm³/mol. The molecule has 0 spiro atoms. The average Bonchev–Trinajstić information content (AvgIpc) is 2.70. The second kappa shape index (κ2) is 4.94. The maximum atomic E-state index is 5.93. The van der Waals surface area contributed by atoms with Gasteiger partial charge in [0, 0.05) is 13.2 Å². The molecule has 1 N–H and O–H groups in total. The van der Waals surface area contributed by atoms with Gasteiger partial charge in [-0.3, -0.25) is 4.68 Å². The van der Waals surface area contributed by atoms with Gasteiger partial charge in [-0.15, -0.1) is 10.2 Å². The minimum atomic E-state index is 0.444. The van der Waals surface area contributed by atoms with Gasteiger partial charge in [-0.25, -0.2) is 0 Å². The Hall–Kier alpha value is -1.62. The third kappa shape index (κ3) is 2.31. The minimum absolute atomic E-state index is 0.444. The molecule has 0 fully saturated rings. The lowest BCUT2D eigenvalue weighted by molar-refractivity contribution is 0.746. The van der Waals surface area contributed by atoms with Gasteiger partial charge in [0.25, 0.3) is 0 Å². The van der Waals surface area contributed by atoms with Crippen molar-refractivity contribution in [3.8, 4) is 0 Å². The van der Waals surface area contributed by atoms with Gasteiger partial charge in [0.1, 0.15) is 0 Å². The van der Waals surface area contributed by atoms with Crippen LogP contribution in [0.1, 0.15) is 23.7 Å². The Labute approximate surface area is 111 Å². The van der Waals surface area contributed by atoms with Crippen molar-refractivity contribution in [3.05, 3.63) is 28.2 Å². The van der Waals surface area contributed by atoms with Crippen LogP contribution in [0, 0.1) is 13.8 Å². The van der Waals surface area contributed by atoms with Crippen LogP contribution < -0.4 is 5.32 Å². The summed E-state index contributed by atoms with van der Waals surface area (Å²) in [6.45, 7) is 5.97. The molecule has 0 aliphatic rings. The molecule has 2 aromatic rings. The Morgan fingerprint density at radius 3 is 2.67 bits per heavy atom. The summed E-state index contributed by atoms with van der Waals surface area (Å²) in [5.41, 5.74) is 3.91. The normalized spacial score (nSPS) is 10.7. The monoisotopic (exact) mass is 265 g/mol. The van der Waals surface area contributed by atoms with Gasteiger partial charge in [0.15, 0.2) is 11.0 Å². The molecule has 0 saturated heterocycles. The van der Waals surface area contributed by atoms with E-state index in [2.05, 4.69) is 27.5 Å². The molecule has 96 valence electrons. The maximum absolute atomic E-state index is 5.93. The molecule has 0 bridgehead atoms. The summed E-state index contributed by atoms with van der Waals surface area (Å²) >= 11 is 5.93. The van der Waals surface area contributed by atoms with Crippen molar-refractivity contribution in [1.82, 2.24) is 20.0 Å². The third-order valence-corrected chi connectivity index (χ3v) is 3.32. The molecule has 0 aromatic carbocycles. The van der Waals surface area contributed by atoms with Crippen molar-refractivity contribution in [2.24, 2.45) is 7.05 Å². The molecule has 0 amide bonds. The first-order chi connectivity index (χ1) is 8.52. The molecule has 6 heteroatoms. The van der Waals surface area contributed by atoms with Crippen molar-refractivity contribution in [2.75, 3.05) is 5.32 Å². The third-order valence-electron chi connectivity index (χ3n) is 2.96. The number of aryl methyl sites for hydroxylation is 2. The van der Waals surface area contributed by atoms with E-state index in [1.165, 1.54) is 0 Å². The molecule has 0 aliphatic carbocycles.